The minimum Gasteiger partial charge on any atom is -0.477 e. The van der Waals surface area contributed by atoms with E-state index in [0.29, 0.717) is 25.7 Å². The van der Waals surface area contributed by atoms with Gasteiger partial charge in [-0.3, -0.25) is 4.79 Å². The summed E-state index contributed by atoms with van der Waals surface area (Å²) in [5, 5.41) is 14.2. The highest BCUT2D eigenvalue weighted by molar-refractivity contribution is 5.95. The predicted octanol–water partition coefficient (Wildman–Crippen LogP) is 1.71. The highest BCUT2D eigenvalue weighted by Crippen LogP contribution is 2.26. The largest absolute Gasteiger partial charge is 0.477 e. The number of rotatable bonds is 6. The van der Waals surface area contributed by atoms with Crippen LogP contribution < -0.4 is 21.1 Å². The van der Waals surface area contributed by atoms with Crippen molar-refractivity contribution < 1.29 is 23.8 Å². The van der Waals surface area contributed by atoms with Gasteiger partial charge < -0.3 is 26.2 Å². The Hall–Kier alpha value is -2.58. The number of carbonyl (C=O) groups excluding carboxylic acids is 1. The minimum absolute atomic E-state index is 0.00177. The molecular formula is C15H21FN4O4. The van der Waals surface area contributed by atoms with Crippen LogP contribution in [-0.4, -0.2) is 40.8 Å². The van der Waals surface area contributed by atoms with Crippen molar-refractivity contribution >= 4 is 17.8 Å². The molecule has 0 radical (unpaired) electrons. The number of nitrogens with two attached hydrogens (primary N) is 1. The summed E-state index contributed by atoms with van der Waals surface area (Å²) in [7, 11) is 0. The minimum atomic E-state index is -1.04. The fourth-order valence-electron chi connectivity index (χ4n) is 2.75. The second-order valence-electron chi connectivity index (χ2n) is 5.61. The van der Waals surface area contributed by atoms with Gasteiger partial charge in [0.25, 0.3) is 5.91 Å². The first-order valence-electron chi connectivity index (χ1n) is 7.79. The molecule has 9 heteroatoms. The Kier molecular flexibility index (Phi) is 5.78. The van der Waals surface area contributed by atoms with Crippen molar-refractivity contribution in [2.45, 2.75) is 44.7 Å². The fourth-order valence-corrected chi connectivity index (χ4v) is 2.75. The van der Waals surface area contributed by atoms with Crippen molar-refractivity contribution in [1.29, 1.82) is 0 Å². The Balaban J connectivity index is 2.06. The Morgan fingerprint density at radius 3 is 2.54 bits per heavy atom. The lowest BCUT2D eigenvalue weighted by Crippen LogP contribution is -2.39. The maximum absolute atomic E-state index is 14.2. The van der Waals surface area contributed by atoms with E-state index < -0.39 is 17.8 Å². The van der Waals surface area contributed by atoms with Gasteiger partial charge in [-0.15, -0.1) is 0 Å². The molecule has 2 rings (SSSR count). The van der Waals surface area contributed by atoms with Crippen molar-refractivity contribution in [2.75, 3.05) is 11.9 Å². The number of anilines is 1. The molecule has 2 amide bonds. The summed E-state index contributed by atoms with van der Waals surface area (Å²) in [6.07, 6.45) is 1.62. The number of pyridine rings is 1. The number of ether oxygens (including phenoxy) is 1. The zero-order valence-electron chi connectivity index (χ0n) is 13.3. The zero-order valence-corrected chi connectivity index (χ0v) is 13.3. The van der Waals surface area contributed by atoms with E-state index in [0.717, 1.165) is 6.07 Å². The van der Waals surface area contributed by atoms with Crippen molar-refractivity contribution in [3.05, 3.63) is 17.4 Å². The van der Waals surface area contributed by atoms with Crippen LogP contribution in [0.3, 0.4) is 0 Å². The molecule has 0 bridgehead atoms. The molecular weight excluding hydrogens is 319 g/mol. The fraction of sp³-hybridized carbons (Fsp3) is 0.533. The molecule has 1 fully saturated rings. The van der Waals surface area contributed by atoms with Gasteiger partial charge in [-0.05, 0) is 38.7 Å². The van der Waals surface area contributed by atoms with E-state index >= 15 is 0 Å². The highest BCUT2D eigenvalue weighted by atomic mass is 19.1. The van der Waals surface area contributed by atoms with E-state index in [-0.39, 0.29) is 36.0 Å². The monoisotopic (exact) mass is 340 g/mol. The summed E-state index contributed by atoms with van der Waals surface area (Å²) >= 11 is 0. The summed E-state index contributed by atoms with van der Waals surface area (Å²) in [5.74, 6) is -1.50. The van der Waals surface area contributed by atoms with Gasteiger partial charge in [-0.1, -0.05) is 0 Å². The summed E-state index contributed by atoms with van der Waals surface area (Å²) in [6.45, 7) is 1.99. The summed E-state index contributed by atoms with van der Waals surface area (Å²) in [5.41, 5.74) is 5.10. The molecule has 0 aromatic carbocycles. The van der Waals surface area contributed by atoms with Gasteiger partial charge in [0.05, 0.1) is 6.61 Å². The Morgan fingerprint density at radius 2 is 2.00 bits per heavy atom. The average molecular weight is 340 g/mol. The molecule has 8 nitrogen and oxygen atoms in total. The predicted molar refractivity (Wildman–Crippen MR) is 84.7 cm³/mol. The molecule has 1 saturated carbocycles. The third-order valence-electron chi connectivity index (χ3n) is 3.88. The molecule has 5 N–H and O–H groups in total. The van der Waals surface area contributed by atoms with Crippen molar-refractivity contribution in [3.8, 4) is 5.88 Å². The van der Waals surface area contributed by atoms with Crippen molar-refractivity contribution in [3.63, 3.8) is 0 Å². The first-order valence-corrected chi connectivity index (χ1v) is 7.79. The number of nitrogens with zero attached hydrogens (tertiary/aromatic N) is 1. The van der Waals surface area contributed by atoms with Gasteiger partial charge >= 0.3 is 6.09 Å². The third kappa shape index (κ3) is 4.46. The number of carboxylic acid groups (broad SMARTS) is 1. The van der Waals surface area contributed by atoms with Gasteiger partial charge in [-0.2, -0.15) is 4.98 Å². The smallest absolute Gasteiger partial charge is 0.404 e. The van der Waals surface area contributed by atoms with Gasteiger partial charge in [0, 0.05) is 12.1 Å². The summed E-state index contributed by atoms with van der Waals surface area (Å²) in [6, 6.07) is 0.891. The number of hydrogen-bond acceptors (Lipinski definition) is 5. The summed E-state index contributed by atoms with van der Waals surface area (Å²) in [4.78, 5) is 26.0. The van der Waals surface area contributed by atoms with Crippen LogP contribution in [0.1, 0.15) is 43.0 Å². The number of amides is 2. The second-order valence-corrected chi connectivity index (χ2v) is 5.61. The topological polar surface area (TPSA) is 127 Å². The van der Waals surface area contributed by atoms with Crippen molar-refractivity contribution in [2.24, 2.45) is 5.73 Å². The van der Waals surface area contributed by atoms with Crippen LogP contribution in [-0.2, 0) is 0 Å². The maximum atomic E-state index is 14.2. The molecule has 1 aliphatic carbocycles. The third-order valence-corrected chi connectivity index (χ3v) is 3.88. The quantitative estimate of drug-likeness (QED) is 0.624. The molecule has 1 aromatic rings. The number of halogens is 1. The highest BCUT2D eigenvalue weighted by Gasteiger charge is 2.24. The van der Waals surface area contributed by atoms with Gasteiger partial charge in [0.2, 0.25) is 5.88 Å². The number of carbonyl (C=O) groups is 2. The second kappa shape index (κ2) is 7.80. The molecule has 0 atom stereocenters. The van der Waals surface area contributed by atoms with Crippen LogP contribution in [0.5, 0.6) is 5.88 Å². The number of nitrogens with one attached hydrogen (secondary N) is 2. The Morgan fingerprint density at radius 1 is 1.38 bits per heavy atom. The lowest BCUT2D eigenvalue weighted by molar-refractivity contribution is 0.0995. The lowest BCUT2D eigenvalue weighted by atomic mass is 9.91. The average Bonchev–Trinajstić information content (AvgIpc) is 2.51. The molecule has 0 saturated heterocycles. The standard InChI is InChI=1S/C15H21FN4O4/c1-2-24-14-10(12(17)21)7-11(16)13(20-14)18-8-3-5-9(6-4-8)19-15(22)23/h7-9,19H,2-6H2,1H3,(H2,17,21)(H,18,20)(H,22,23). The van der Waals surface area contributed by atoms with Gasteiger partial charge in [0.1, 0.15) is 5.56 Å². The van der Waals surface area contributed by atoms with Crippen LogP contribution in [0.15, 0.2) is 6.07 Å². The van der Waals surface area contributed by atoms with Crippen LogP contribution >= 0.6 is 0 Å². The van der Waals surface area contributed by atoms with E-state index in [9.17, 15) is 14.0 Å². The molecule has 1 heterocycles. The number of hydrogen-bond donors (Lipinski definition) is 4. The molecule has 1 aromatic heterocycles. The zero-order chi connectivity index (χ0) is 17.7. The first-order chi connectivity index (χ1) is 11.4. The van der Waals surface area contributed by atoms with Crippen LogP contribution in [0, 0.1) is 5.82 Å². The van der Waals surface area contributed by atoms with E-state index in [1.807, 2.05) is 0 Å². The Labute approximate surface area is 138 Å². The van der Waals surface area contributed by atoms with E-state index in [1.54, 1.807) is 6.92 Å². The van der Waals surface area contributed by atoms with Gasteiger partial charge in [-0.25, -0.2) is 9.18 Å². The van der Waals surface area contributed by atoms with Crippen LogP contribution in [0.4, 0.5) is 15.0 Å². The Bertz CT molecular complexity index is 618. The SMILES string of the molecule is CCOc1nc(NC2CCC(NC(=O)O)CC2)c(F)cc1C(N)=O. The molecule has 1 aliphatic rings. The molecule has 24 heavy (non-hydrogen) atoms. The summed E-state index contributed by atoms with van der Waals surface area (Å²) < 4.78 is 19.4. The molecule has 0 aliphatic heterocycles. The van der Waals surface area contributed by atoms with E-state index in [1.165, 1.54) is 0 Å². The van der Waals surface area contributed by atoms with E-state index in [4.69, 9.17) is 15.6 Å². The first kappa shape index (κ1) is 17.8. The van der Waals surface area contributed by atoms with Crippen LogP contribution in [0.25, 0.3) is 0 Å². The number of aromatic nitrogens is 1. The van der Waals surface area contributed by atoms with Crippen LogP contribution in [0.2, 0.25) is 0 Å². The van der Waals surface area contributed by atoms with Gasteiger partial charge in [0.15, 0.2) is 11.6 Å². The molecule has 0 unspecified atom stereocenters. The van der Waals surface area contributed by atoms with E-state index in [2.05, 4.69) is 15.6 Å². The number of primary amides is 1. The maximum Gasteiger partial charge on any atom is 0.404 e. The normalized spacial score (nSPS) is 20.2. The lowest BCUT2D eigenvalue weighted by Gasteiger charge is -2.29. The van der Waals surface area contributed by atoms with Crippen molar-refractivity contribution in [1.82, 2.24) is 10.3 Å². The molecule has 0 spiro atoms. The molecule has 132 valence electrons.